The predicted molar refractivity (Wildman–Crippen MR) is 166 cm³/mol. The van der Waals surface area contributed by atoms with E-state index >= 15 is 0 Å². The summed E-state index contributed by atoms with van der Waals surface area (Å²) < 4.78 is 39.7. The Balaban J connectivity index is 1.27. The Hall–Kier alpha value is -4.60. The molecule has 1 saturated heterocycles. The number of piperidine rings is 1. The number of ether oxygens (including phenoxy) is 2. The van der Waals surface area contributed by atoms with E-state index in [9.17, 15) is 23.5 Å². The number of halogens is 2. The highest BCUT2D eigenvalue weighted by Gasteiger charge is 2.23. The van der Waals surface area contributed by atoms with Gasteiger partial charge in [0.05, 0.1) is 5.56 Å². The molecule has 9 heteroatoms. The van der Waals surface area contributed by atoms with Gasteiger partial charge in [-0.15, -0.1) is 11.3 Å². The molecule has 5 aromatic rings. The lowest BCUT2D eigenvalue weighted by Gasteiger charge is -2.26. The van der Waals surface area contributed by atoms with Crippen LogP contribution in [0.3, 0.4) is 0 Å². The van der Waals surface area contributed by atoms with E-state index in [4.69, 9.17) is 9.47 Å². The lowest BCUT2D eigenvalue weighted by atomic mass is 9.97. The van der Waals surface area contributed by atoms with E-state index < -0.39 is 23.2 Å². The van der Waals surface area contributed by atoms with Gasteiger partial charge in [0.15, 0.2) is 5.78 Å². The normalized spacial score (nSPS) is 13.6. The van der Waals surface area contributed by atoms with Crippen molar-refractivity contribution in [2.24, 2.45) is 0 Å². The number of carbonyl (C=O) groups excluding carboxylic acids is 2. The Labute approximate surface area is 257 Å². The molecule has 1 aromatic heterocycles. The van der Waals surface area contributed by atoms with Crippen LogP contribution < -0.4 is 9.47 Å². The number of aromatic hydroxyl groups is 1. The lowest BCUT2D eigenvalue weighted by molar-refractivity contribution is 0.0729. The highest BCUT2D eigenvalue weighted by molar-refractivity contribution is 7.22. The van der Waals surface area contributed by atoms with Crippen molar-refractivity contribution in [1.29, 1.82) is 0 Å². The first-order valence-electron chi connectivity index (χ1n) is 14.4. The molecule has 0 saturated carbocycles. The van der Waals surface area contributed by atoms with Crippen LogP contribution in [0, 0.1) is 11.6 Å². The quantitative estimate of drug-likeness (QED) is 0.104. The maximum absolute atomic E-state index is 14.1. The number of likely N-dealkylation sites (tertiary alicyclic amines) is 1. The van der Waals surface area contributed by atoms with Crippen molar-refractivity contribution in [2.75, 3.05) is 26.2 Å². The zero-order valence-electron chi connectivity index (χ0n) is 23.7. The number of phenols is 1. The molecule has 4 aromatic carbocycles. The van der Waals surface area contributed by atoms with Crippen LogP contribution in [0.4, 0.5) is 8.78 Å². The van der Waals surface area contributed by atoms with Crippen molar-refractivity contribution in [3.63, 3.8) is 0 Å². The molecule has 1 fully saturated rings. The first kappa shape index (κ1) is 29.5. The molecule has 1 aliphatic heterocycles. The Kier molecular flexibility index (Phi) is 8.67. The second-order valence-corrected chi connectivity index (χ2v) is 11.7. The lowest BCUT2D eigenvalue weighted by Crippen LogP contribution is -2.33. The molecular formula is C35H29F2NO5S. The topological polar surface area (TPSA) is 76.1 Å². The second-order valence-electron chi connectivity index (χ2n) is 10.6. The zero-order chi connectivity index (χ0) is 30.6. The maximum atomic E-state index is 14.1. The third-order valence-corrected chi connectivity index (χ3v) is 8.82. The van der Waals surface area contributed by atoms with Crippen LogP contribution in [0.15, 0.2) is 84.9 Å². The van der Waals surface area contributed by atoms with Gasteiger partial charge in [-0.3, -0.25) is 9.69 Å². The van der Waals surface area contributed by atoms with Gasteiger partial charge in [0.25, 0.3) is 0 Å². The summed E-state index contributed by atoms with van der Waals surface area (Å²) in [5, 5.41) is 10.5. The van der Waals surface area contributed by atoms with Crippen LogP contribution in [0.1, 0.15) is 45.5 Å². The smallest absolute Gasteiger partial charge is 0.346 e. The Morgan fingerprint density at radius 1 is 0.841 bits per heavy atom. The van der Waals surface area contributed by atoms with Crippen LogP contribution >= 0.6 is 11.3 Å². The third kappa shape index (κ3) is 6.49. The molecule has 224 valence electrons. The molecule has 0 spiro atoms. The van der Waals surface area contributed by atoms with Gasteiger partial charge in [-0.2, -0.15) is 0 Å². The number of thiophene rings is 1. The first-order chi connectivity index (χ1) is 21.4. The molecule has 1 aliphatic rings. The highest BCUT2D eigenvalue weighted by atomic mass is 32.1. The van der Waals surface area contributed by atoms with E-state index in [1.165, 1.54) is 36.7 Å². The number of carbonyl (C=O) groups is 2. The fraction of sp³-hybridized carbons (Fsp3) is 0.200. The molecule has 0 unspecified atom stereocenters. The number of phenolic OH excluding ortho intramolecular Hbond substituents is 1. The van der Waals surface area contributed by atoms with Crippen molar-refractivity contribution in [3.8, 4) is 27.7 Å². The van der Waals surface area contributed by atoms with Crippen LogP contribution in [-0.4, -0.2) is 48.0 Å². The van der Waals surface area contributed by atoms with E-state index in [1.54, 1.807) is 60.7 Å². The van der Waals surface area contributed by atoms with Gasteiger partial charge < -0.3 is 14.6 Å². The summed E-state index contributed by atoms with van der Waals surface area (Å²) in [6.07, 6.45) is 3.73. The van der Waals surface area contributed by atoms with Crippen LogP contribution in [-0.2, 0) is 0 Å². The average Bonchev–Trinajstić information content (AvgIpc) is 3.42. The first-order valence-corrected chi connectivity index (χ1v) is 15.2. The fourth-order valence-electron chi connectivity index (χ4n) is 5.32. The van der Waals surface area contributed by atoms with E-state index in [-0.39, 0.29) is 17.3 Å². The Morgan fingerprint density at radius 2 is 1.57 bits per heavy atom. The summed E-state index contributed by atoms with van der Waals surface area (Å²) >= 11 is 1.32. The number of nitrogens with zero attached hydrogens (tertiary/aromatic N) is 1. The summed E-state index contributed by atoms with van der Waals surface area (Å²) in [5.74, 6) is -1.99. The molecular weight excluding hydrogens is 584 g/mol. The summed E-state index contributed by atoms with van der Waals surface area (Å²) in [4.78, 5) is 29.7. The zero-order valence-corrected chi connectivity index (χ0v) is 24.5. The maximum Gasteiger partial charge on any atom is 0.346 e. The van der Waals surface area contributed by atoms with Crippen LogP contribution in [0.5, 0.6) is 17.2 Å². The van der Waals surface area contributed by atoms with Gasteiger partial charge in [-0.05, 0) is 116 Å². The number of hydrogen-bond donors (Lipinski definition) is 1. The van der Waals surface area contributed by atoms with Crippen molar-refractivity contribution in [1.82, 2.24) is 4.90 Å². The number of fused-ring (bicyclic) bond motifs is 1. The van der Waals surface area contributed by atoms with E-state index in [2.05, 4.69) is 4.90 Å². The van der Waals surface area contributed by atoms with E-state index in [0.29, 0.717) is 38.4 Å². The van der Waals surface area contributed by atoms with Crippen molar-refractivity contribution in [3.05, 3.63) is 113 Å². The minimum absolute atomic E-state index is 0.0948. The minimum atomic E-state index is -1.04. The number of ketones is 1. The summed E-state index contributed by atoms with van der Waals surface area (Å²) in [5.41, 5.74) is 1.15. The van der Waals surface area contributed by atoms with Gasteiger partial charge in [0.2, 0.25) is 0 Å². The second kappa shape index (κ2) is 13.0. The van der Waals surface area contributed by atoms with Gasteiger partial charge >= 0.3 is 5.97 Å². The van der Waals surface area contributed by atoms with Crippen molar-refractivity contribution < 1.29 is 33.0 Å². The third-order valence-electron chi connectivity index (χ3n) is 7.62. The highest BCUT2D eigenvalue weighted by Crippen LogP contribution is 2.42. The number of esters is 1. The molecule has 44 heavy (non-hydrogen) atoms. The standard InChI is InChI=1S/C35H29F2NO5S/c36-24-8-15-30(37)29(20-24)35(41)43-27-13-14-28-31(21-27)44-34(23-4-9-25(39)10-5-23)32(28)33(40)22-6-11-26(12-7-22)42-19-18-38-16-2-1-3-17-38/h4-15,20-21,39H,1-3,16-19H2. The summed E-state index contributed by atoms with van der Waals surface area (Å²) in [6, 6.07) is 21.0. The van der Waals surface area contributed by atoms with E-state index in [1.807, 2.05) is 0 Å². The van der Waals surface area contributed by atoms with Crippen molar-refractivity contribution >= 4 is 33.2 Å². The largest absolute Gasteiger partial charge is 0.508 e. The molecule has 0 bridgehead atoms. The molecule has 1 N–H and O–H groups in total. The molecule has 6 rings (SSSR count). The summed E-state index contributed by atoms with van der Waals surface area (Å²) in [7, 11) is 0. The molecule has 2 heterocycles. The summed E-state index contributed by atoms with van der Waals surface area (Å²) in [6.45, 7) is 3.65. The number of rotatable bonds is 9. The van der Waals surface area contributed by atoms with Gasteiger partial charge in [0.1, 0.15) is 35.5 Å². The molecule has 0 atom stereocenters. The van der Waals surface area contributed by atoms with Crippen molar-refractivity contribution in [2.45, 2.75) is 19.3 Å². The predicted octanol–water partition coefficient (Wildman–Crippen LogP) is 7.87. The van der Waals surface area contributed by atoms with Gasteiger partial charge in [0, 0.05) is 32.6 Å². The fourth-order valence-corrected chi connectivity index (χ4v) is 6.55. The number of benzene rings is 4. The molecule has 0 radical (unpaired) electrons. The SMILES string of the molecule is O=C(Oc1ccc2c(C(=O)c3ccc(OCCN4CCCCC4)cc3)c(-c3ccc(O)cc3)sc2c1)c1cc(F)ccc1F. The Bertz CT molecular complexity index is 1810. The van der Waals surface area contributed by atoms with Crippen LogP contribution in [0.25, 0.3) is 20.5 Å². The monoisotopic (exact) mass is 613 g/mol. The number of hydrogen-bond acceptors (Lipinski definition) is 7. The molecule has 6 nitrogen and oxygen atoms in total. The van der Waals surface area contributed by atoms with Gasteiger partial charge in [-0.25, -0.2) is 13.6 Å². The van der Waals surface area contributed by atoms with E-state index in [0.717, 1.165) is 43.4 Å². The van der Waals surface area contributed by atoms with Gasteiger partial charge in [-0.1, -0.05) is 6.42 Å². The minimum Gasteiger partial charge on any atom is -0.508 e. The van der Waals surface area contributed by atoms with Crippen LogP contribution in [0.2, 0.25) is 0 Å². The molecule has 0 aliphatic carbocycles. The molecule has 0 amide bonds. The average molecular weight is 614 g/mol. The Morgan fingerprint density at radius 3 is 2.32 bits per heavy atom.